The average molecular weight is 251 g/mol. The highest BCUT2D eigenvalue weighted by Crippen LogP contribution is 2.10. The fourth-order valence-electron chi connectivity index (χ4n) is 1.89. The Labute approximate surface area is 112 Å². The molecule has 1 N–H and O–H groups in total. The van der Waals surface area contributed by atoms with Gasteiger partial charge in [0.1, 0.15) is 0 Å². The normalized spacial score (nSPS) is 13.2. The van der Waals surface area contributed by atoms with Gasteiger partial charge >= 0.3 is 0 Å². The van der Waals surface area contributed by atoms with Crippen molar-refractivity contribution in [1.29, 1.82) is 0 Å². The van der Waals surface area contributed by atoms with Crippen molar-refractivity contribution in [3.8, 4) is 0 Å². The third kappa shape index (κ3) is 5.67. The van der Waals surface area contributed by atoms with Crippen LogP contribution in [-0.4, -0.2) is 22.9 Å². The van der Waals surface area contributed by atoms with Gasteiger partial charge in [-0.15, -0.1) is 0 Å². The topological polar surface area (TPSA) is 29.9 Å². The molecule has 0 spiro atoms. The second kappa shape index (κ2) is 8.30. The van der Waals surface area contributed by atoms with E-state index in [0.29, 0.717) is 6.04 Å². The quantitative estimate of drug-likeness (QED) is 0.682. The van der Waals surface area contributed by atoms with Crippen LogP contribution in [0.25, 0.3) is 0 Å². The molecule has 0 bridgehead atoms. The maximum Gasteiger partial charge on any atom is 0.0624 e. The first-order valence-corrected chi connectivity index (χ1v) is 7.38. The maximum atomic E-state index is 4.62. The third-order valence-corrected chi connectivity index (χ3v) is 3.30. The van der Waals surface area contributed by atoms with Crippen molar-refractivity contribution in [3.63, 3.8) is 0 Å². The van der Waals surface area contributed by atoms with Crippen LogP contribution in [0.2, 0.25) is 0 Å². The zero-order chi connectivity index (χ0) is 13.4. The minimum absolute atomic E-state index is 0.520. The molecule has 0 aliphatic rings. The summed E-state index contributed by atoms with van der Waals surface area (Å²) in [6.07, 6.45) is 6.82. The summed E-state index contributed by atoms with van der Waals surface area (Å²) in [5.41, 5.74) is 1.24. The highest BCUT2D eigenvalue weighted by molar-refractivity contribution is 4.99. The van der Waals surface area contributed by atoms with Gasteiger partial charge in [0.15, 0.2) is 0 Å². The van der Waals surface area contributed by atoms with Gasteiger partial charge in [0.05, 0.1) is 5.69 Å². The SMILES string of the molecule is CCC(C)n1ccc(CCCCNCC(C)C)n1. The third-order valence-electron chi connectivity index (χ3n) is 3.30. The number of rotatable bonds is 9. The standard InChI is InChI=1S/C15H29N3/c1-5-14(4)18-11-9-15(17-18)8-6-7-10-16-12-13(2)3/h9,11,13-14,16H,5-8,10,12H2,1-4H3. The molecule has 1 aromatic rings. The van der Waals surface area contributed by atoms with Crippen LogP contribution in [0.4, 0.5) is 0 Å². The molecule has 0 radical (unpaired) electrons. The van der Waals surface area contributed by atoms with Crippen molar-refractivity contribution in [1.82, 2.24) is 15.1 Å². The Morgan fingerprint density at radius 2 is 2.06 bits per heavy atom. The first-order valence-electron chi connectivity index (χ1n) is 7.38. The number of unbranched alkanes of at least 4 members (excludes halogenated alkanes) is 1. The number of nitrogens with zero attached hydrogens (tertiary/aromatic N) is 2. The monoisotopic (exact) mass is 251 g/mol. The maximum absolute atomic E-state index is 4.62. The molecule has 0 saturated carbocycles. The Morgan fingerprint density at radius 3 is 2.72 bits per heavy atom. The van der Waals surface area contributed by atoms with E-state index < -0.39 is 0 Å². The Balaban J connectivity index is 2.14. The summed E-state index contributed by atoms with van der Waals surface area (Å²) in [7, 11) is 0. The van der Waals surface area contributed by atoms with E-state index in [9.17, 15) is 0 Å². The van der Waals surface area contributed by atoms with Gasteiger partial charge in [-0.3, -0.25) is 4.68 Å². The molecule has 0 aliphatic heterocycles. The minimum Gasteiger partial charge on any atom is -0.316 e. The van der Waals surface area contributed by atoms with Crippen LogP contribution in [0, 0.1) is 5.92 Å². The molecule has 0 fully saturated rings. The lowest BCUT2D eigenvalue weighted by Gasteiger charge is -2.08. The first kappa shape index (κ1) is 15.2. The van der Waals surface area contributed by atoms with E-state index in [2.05, 4.69) is 55.1 Å². The van der Waals surface area contributed by atoms with E-state index in [1.165, 1.54) is 18.5 Å². The predicted molar refractivity (Wildman–Crippen MR) is 77.9 cm³/mol. The molecule has 1 unspecified atom stereocenters. The van der Waals surface area contributed by atoms with Crippen molar-refractivity contribution in [3.05, 3.63) is 18.0 Å². The highest BCUT2D eigenvalue weighted by Gasteiger charge is 2.04. The molecule has 3 heteroatoms. The molecular formula is C15H29N3. The zero-order valence-electron chi connectivity index (χ0n) is 12.4. The van der Waals surface area contributed by atoms with E-state index in [0.717, 1.165) is 31.8 Å². The molecular weight excluding hydrogens is 222 g/mol. The lowest BCUT2D eigenvalue weighted by atomic mass is 10.2. The molecule has 0 amide bonds. The van der Waals surface area contributed by atoms with Crippen molar-refractivity contribution in [2.75, 3.05) is 13.1 Å². The Kier molecular flexibility index (Phi) is 7.02. The van der Waals surface area contributed by atoms with Gasteiger partial charge in [-0.25, -0.2) is 0 Å². The summed E-state index contributed by atoms with van der Waals surface area (Å²) in [5, 5.41) is 8.10. The smallest absolute Gasteiger partial charge is 0.0624 e. The van der Waals surface area contributed by atoms with E-state index in [1.54, 1.807) is 0 Å². The summed E-state index contributed by atoms with van der Waals surface area (Å²) >= 11 is 0. The number of aromatic nitrogens is 2. The van der Waals surface area contributed by atoms with E-state index in [4.69, 9.17) is 0 Å². The van der Waals surface area contributed by atoms with Crippen molar-refractivity contribution in [2.45, 2.75) is 59.4 Å². The largest absolute Gasteiger partial charge is 0.316 e. The van der Waals surface area contributed by atoms with Gasteiger partial charge in [-0.05, 0) is 57.7 Å². The first-order chi connectivity index (χ1) is 8.63. The van der Waals surface area contributed by atoms with Crippen LogP contribution in [-0.2, 0) is 6.42 Å². The van der Waals surface area contributed by atoms with E-state index in [1.807, 2.05) is 0 Å². The van der Waals surface area contributed by atoms with Gasteiger partial charge in [-0.2, -0.15) is 5.10 Å². The van der Waals surface area contributed by atoms with Crippen molar-refractivity contribution < 1.29 is 0 Å². The molecule has 0 aliphatic carbocycles. The Bertz CT molecular complexity index is 317. The van der Waals surface area contributed by atoms with E-state index >= 15 is 0 Å². The molecule has 18 heavy (non-hydrogen) atoms. The number of hydrogen-bond donors (Lipinski definition) is 1. The Hall–Kier alpha value is -0.830. The molecule has 3 nitrogen and oxygen atoms in total. The van der Waals surface area contributed by atoms with Crippen LogP contribution >= 0.6 is 0 Å². The summed E-state index contributed by atoms with van der Waals surface area (Å²) < 4.78 is 2.09. The second-order valence-electron chi connectivity index (χ2n) is 5.60. The lowest BCUT2D eigenvalue weighted by molar-refractivity contribution is 0.472. The lowest BCUT2D eigenvalue weighted by Crippen LogP contribution is -2.20. The molecule has 1 heterocycles. The molecule has 0 saturated heterocycles. The van der Waals surface area contributed by atoms with Crippen LogP contribution < -0.4 is 5.32 Å². The van der Waals surface area contributed by atoms with Crippen LogP contribution in [0.1, 0.15) is 58.7 Å². The summed E-state index contributed by atoms with van der Waals surface area (Å²) in [6, 6.07) is 2.68. The molecule has 1 rings (SSSR count). The second-order valence-corrected chi connectivity index (χ2v) is 5.60. The average Bonchev–Trinajstić information content (AvgIpc) is 2.81. The number of aryl methyl sites for hydroxylation is 1. The molecule has 1 aromatic heterocycles. The summed E-state index contributed by atoms with van der Waals surface area (Å²) in [4.78, 5) is 0. The fraction of sp³-hybridized carbons (Fsp3) is 0.800. The van der Waals surface area contributed by atoms with Gasteiger partial charge in [-0.1, -0.05) is 20.8 Å². The molecule has 1 atom stereocenters. The van der Waals surface area contributed by atoms with Gasteiger partial charge < -0.3 is 5.32 Å². The molecule has 104 valence electrons. The Morgan fingerprint density at radius 1 is 1.28 bits per heavy atom. The highest BCUT2D eigenvalue weighted by atomic mass is 15.3. The summed E-state index contributed by atoms with van der Waals surface area (Å²) in [5.74, 6) is 0.747. The molecule has 0 aromatic carbocycles. The fourth-order valence-corrected chi connectivity index (χ4v) is 1.89. The van der Waals surface area contributed by atoms with Gasteiger partial charge in [0.2, 0.25) is 0 Å². The van der Waals surface area contributed by atoms with Gasteiger partial charge in [0.25, 0.3) is 0 Å². The van der Waals surface area contributed by atoms with Gasteiger partial charge in [0, 0.05) is 12.2 Å². The van der Waals surface area contributed by atoms with Crippen molar-refractivity contribution in [2.24, 2.45) is 5.92 Å². The van der Waals surface area contributed by atoms with E-state index in [-0.39, 0.29) is 0 Å². The zero-order valence-corrected chi connectivity index (χ0v) is 12.4. The van der Waals surface area contributed by atoms with Crippen LogP contribution in [0.15, 0.2) is 12.3 Å². The number of hydrogen-bond acceptors (Lipinski definition) is 2. The predicted octanol–water partition coefficient (Wildman–Crippen LogP) is 3.42. The number of nitrogens with one attached hydrogen (secondary N) is 1. The van der Waals surface area contributed by atoms with Crippen LogP contribution in [0.3, 0.4) is 0 Å². The van der Waals surface area contributed by atoms with Crippen LogP contribution in [0.5, 0.6) is 0 Å². The summed E-state index contributed by atoms with van der Waals surface area (Å²) in [6.45, 7) is 11.2. The van der Waals surface area contributed by atoms with Crippen molar-refractivity contribution >= 4 is 0 Å². The minimum atomic E-state index is 0.520.